The topological polar surface area (TPSA) is 0 Å². The standard InChI is InChI=1S/C8H12/c1-3-5-7-8-6-4-2/h4,6,8H,3,5,7H2,1H3. The van der Waals surface area contributed by atoms with E-state index in [0.29, 0.717) is 0 Å². The molecule has 8 heavy (non-hydrogen) atoms. The van der Waals surface area contributed by atoms with Gasteiger partial charge in [-0.15, -0.1) is 0 Å². The molecule has 0 spiro atoms. The molecule has 0 fully saturated rings. The third-order valence-electron chi connectivity index (χ3n) is 0.957. The highest BCUT2D eigenvalue weighted by Crippen LogP contribution is 1.93. The molecular weight excluding hydrogens is 96.1 g/mol. The largest absolute Gasteiger partial charge is 0.0845 e. The second kappa shape index (κ2) is 6.48. The molecule has 0 aromatic heterocycles. The monoisotopic (exact) mass is 108 g/mol. The van der Waals surface area contributed by atoms with Crippen molar-refractivity contribution in [2.75, 3.05) is 0 Å². The molecule has 2 radical (unpaired) electrons. The molecule has 0 aliphatic heterocycles. The van der Waals surface area contributed by atoms with Crippen molar-refractivity contribution >= 4 is 0 Å². The van der Waals surface area contributed by atoms with Crippen molar-refractivity contribution in [2.24, 2.45) is 0 Å². The average molecular weight is 108 g/mol. The SMILES string of the molecule is [C]=CC=CCCCC. The summed E-state index contributed by atoms with van der Waals surface area (Å²) in [6.45, 7) is 8.79. The fourth-order valence-electron chi connectivity index (χ4n) is 0.486. The summed E-state index contributed by atoms with van der Waals surface area (Å²) in [6.07, 6.45) is 8.71. The zero-order valence-electron chi connectivity index (χ0n) is 5.35. The summed E-state index contributed by atoms with van der Waals surface area (Å²) in [6, 6.07) is 0. The van der Waals surface area contributed by atoms with Crippen LogP contribution in [-0.4, -0.2) is 0 Å². The quantitative estimate of drug-likeness (QED) is 0.383. The number of hydrogen-bond acceptors (Lipinski definition) is 0. The minimum Gasteiger partial charge on any atom is -0.0845 e. The molecule has 0 bridgehead atoms. The normalized spacial score (nSPS) is 10.1. The minimum absolute atomic E-state index is 1.12. The lowest BCUT2D eigenvalue weighted by atomic mass is 10.2. The van der Waals surface area contributed by atoms with Crippen LogP contribution in [0.3, 0.4) is 0 Å². The first-order chi connectivity index (χ1) is 3.91. The Balaban J connectivity index is 2.91. The first-order valence-electron chi connectivity index (χ1n) is 3.07. The van der Waals surface area contributed by atoms with Crippen LogP contribution in [-0.2, 0) is 0 Å². The number of rotatable bonds is 4. The van der Waals surface area contributed by atoms with Crippen LogP contribution in [0, 0.1) is 6.58 Å². The molecule has 0 atom stereocenters. The second-order valence-corrected chi connectivity index (χ2v) is 1.74. The third kappa shape index (κ3) is 5.48. The van der Waals surface area contributed by atoms with E-state index in [9.17, 15) is 0 Å². The van der Waals surface area contributed by atoms with E-state index < -0.39 is 0 Å². The molecule has 0 rings (SSSR count). The van der Waals surface area contributed by atoms with Gasteiger partial charge >= 0.3 is 0 Å². The van der Waals surface area contributed by atoms with Gasteiger partial charge in [0.1, 0.15) is 0 Å². The number of allylic oxidation sites excluding steroid dienone is 3. The van der Waals surface area contributed by atoms with Gasteiger partial charge in [-0.3, -0.25) is 0 Å². The van der Waals surface area contributed by atoms with E-state index in [0.717, 1.165) is 6.42 Å². The maximum Gasteiger partial charge on any atom is -0.00991 e. The molecule has 0 N–H and O–H groups in total. The van der Waals surface area contributed by atoms with Gasteiger partial charge in [-0.25, -0.2) is 0 Å². The highest BCUT2D eigenvalue weighted by Gasteiger charge is 1.73. The van der Waals surface area contributed by atoms with Gasteiger partial charge in [0.2, 0.25) is 0 Å². The van der Waals surface area contributed by atoms with Gasteiger partial charge in [-0.2, -0.15) is 0 Å². The Morgan fingerprint density at radius 2 is 2.25 bits per heavy atom. The van der Waals surface area contributed by atoms with Gasteiger partial charge < -0.3 is 0 Å². The van der Waals surface area contributed by atoms with Crippen molar-refractivity contribution in [3.63, 3.8) is 0 Å². The van der Waals surface area contributed by atoms with E-state index in [-0.39, 0.29) is 0 Å². The van der Waals surface area contributed by atoms with Crippen LogP contribution in [0.4, 0.5) is 0 Å². The van der Waals surface area contributed by atoms with E-state index in [1.807, 2.05) is 6.08 Å². The lowest BCUT2D eigenvalue weighted by Gasteiger charge is -1.84. The Bertz CT molecular complexity index is 70.1. The van der Waals surface area contributed by atoms with Crippen LogP contribution in [0.15, 0.2) is 18.2 Å². The Morgan fingerprint density at radius 3 is 2.75 bits per heavy atom. The van der Waals surface area contributed by atoms with Gasteiger partial charge in [-0.1, -0.05) is 38.0 Å². The summed E-state index contributed by atoms with van der Waals surface area (Å²) in [5.41, 5.74) is 0. The van der Waals surface area contributed by atoms with Gasteiger partial charge in [-0.05, 0) is 13.0 Å². The van der Waals surface area contributed by atoms with E-state index in [1.165, 1.54) is 18.9 Å². The minimum atomic E-state index is 1.12. The highest BCUT2D eigenvalue weighted by atomic mass is 13.8. The molecule has 0 aromatic carbocycles. The first-order valence-corrected chi connectivity index (χ1v) is 3.07. The Hall–Kier alpha value is -0.520. The van der Waals surface area contributed by atoms with Crippen molar-refractivity contribution in [2.45, 2.75) is 26.2 Å². The molecule has 0 heteroatoms. The average Bonchev–Trinajstić information content (AvgIpc) is 1.81. The van der Waals surface area contributed by atoms with Crippen molar-refractivity contribution in [3.8, 4) is 0 Å². The van der Waals surface area contributed by atoms with E-state index in [4.69, 9.17) is 6.58 Å². The molecule has 0 saturated heterocycles. The second-order valence-electron chi connectivity index (χ2n) is 1.74. The summed E-state index contributed by atoms with van der Waals surface area (Å²) < 4.78 is 0. The highest BCUT2D eigenvalue weighted by molar-refractivity contribution is 4.95. The van der Waals surface area contributed by atoms with Gasteiger partial charge in [0, 0.05) is 0 Å². The summed E-state index contributed by atoms with van der Waals surface area (Å²) in [5.74, 6) is 0. The lowest BCUT2D eigenvalue weighted by molar-refractivity contribution is 0.815. The molecular formula is C8H12. The number of unbranched alkanes of at least 4 members (excludes halogenated alkanes) is 2. The van der Waals surface area contributed by atoms with Gasteiger partial charge in [0.25, 0.3) is 0 Å². The Morgan fingerprint density at radius 1 is 1.50 bits per heavy atom. The van der Waals surface area contributed by atoms with Gasteiger partial charge in [0.05, 0.1) is 0 Å². The molecule has 0 heterocycles. The van der Waals surface area contributed by atoms with E-state index in [1.54, 1.807) is 6.08 Å². The molecule has 0 nitrogen and oxygen atoms in total. The predicted octanol–water partition coefficient (Wildman–Crippen LogP) is 2.60. The van der Waals surface area contributed by atoms with Crippen LogP contribution < -0.4 is 0 Å². The lowest BCUT2D eigenvalue weighted by Crippen LogP contribution is -1.64. The van der Waals surface area contributed by atoms with Crippen LogP contribution in [0.1, 0.15) is 26.2 Å². The molecule has 0 saturated carbocycles. The molecule has 44 valence electrons. The fourth-order valence-corrected chi connectivity index (χ4v) is 0.486. The Labute approximate surface area is 51.9 Å². The van der Waals surface area contributed by atoms with Crippen molar-refractivity contribution < 1.29 is 0 Å². The first kappa shape index (κ1) is 7.48. The van der Waals surface area contributed by atoms with Crippen LogP contribution in [0.25, 0.3) is 0 Å². The fraction of sp³-hybridized carbons (Fsp3) is 0.500. The van der Waals surface area contributed by atoms with Crippen LogP contribution in [0.5, 0.6) is 0 Å². The zero-order chi connectivity index (χ0) is 6.24. The maximum atomic E-state index is 6.63. The van der Waals surface area contributed by atoms with Gasteiger partial charge in [0.15, 0.2) is 0 Å². The van der Waals surface area contributed by atoms with E-state index >= 15 is 0 Å². The summed E-state index contributed by atoms with van der Waals surface area (Å²) >= 11 is 0. The summed E-state index contributed by atoms with van der Waals surface area (Å²) in [4.78, 5) is 0. The summed E-state index contributed by atoms with van der Waals surface area (Å²) in [7, 11) is 0. The third-order valence-corrected chi connectivity index (χ3v) is 0.957. The van der Waals surface area contributed by atoms with Crippen molar-refractivity contribution in [1.82, 2.24) is 0 Å². The van der Waals surface area contributed by atoms with Crippen molar-refractivity contribution in [1.29, 1.82) is 0 Å². The zero-order valence-corrected chi connectivity index (χ0v) is 5.35. The maximum absolute atomic E-state index is 6.63. The smallest absolute Gasteiger partial charge is 0.00991 e. The Kier molecular flexibility index (Phi) is 6.06. The van der Waals surface area contributed by atoms with E-state index in [2.05, 4.69) is 6.92 Å². The number of hydrogen-bond donors (Lipinski definition) is 0. The van der Waals surface area contributed by atoms with Crippen LogP contribution in [0.2, 0.25) is 0 Å². The van der Waals surface area contributed by atoms with Crippen LogP contribution >= 0.6 is 0 Å². The molecule has 0 aliphatic rings. The molecule has 0 aliphatic carbocycles. The van der Waals surface area contributed by atoms with Crippen molar-refractivity contribution in [3.05, 3.63) is 24.8 Å². The molecule has 0 unspecified atom stereocenters. The molecule has 0 aromatic rings. The molecule has 0 amide bonds. The summed E-state index contributed by atoms with van der Waals surface area (Å²) in [5, 5.41) is 0. The predicted molar refractivity (Wildman–Crippen MR) is 36.5 cm³/mol.